The van der Waals surface area contributed by atoms with Crippen molar-refractivity contribution in [3.63, 3.8) is 0 Å². The van der Waals surface area contributed by atoms with E-state index < -0.39 is 0 Å². The Bertz CT molecular complexity index is 581. The number of benzene rings is 1. The second-order valence-corrected chi connectivity index (χ2v) is 5.27. The van der Waals surface area contributed by atoms with E-state index in [0.717, 1.165) is 30.0 Å². The van der Waals surface area contributed by atoms with Crippen LogP contribution in [0.5, 0.6) is 0 Å². The molecule has 1 heterocycles. The fourth-order valence-electron chi connectivity index (χ4n) is 2.33. The first kappa shape index (κ1) is 15.4. The molecule has 0 saturated carbocycles. The molecular weight excluding hydrogens is 260 g/mol. The predicted molar refractivity (Wildman–Crippen MR) is 85.1 cm³/mol. The SMILES string of the molecule is CCN(CC(=O)Cc1ccccc1)Cc1cccc(C)n1. The standard InChI is InChI=1S/C18H22N2O/c1-3-20(13-17-11-7-8-15(2)19-17)14-18(21)12-16-9-5-4-6-10-16/h4-11H,3,12-14H2,1-2H3. The van der Waals surface area contributed by atoms with Crippen LogP contribution in [0, 0.1) is 6.92 Å². The van der Waals surface area contributed by atoms with Gasteiger partial charge < -0.3 is 0 Å². The molecule has 0 amide bonds. The molecule has 3 heteroatoms. The zero-order valence-electron chi connectivity index (χ0n) is 12.7. The molecule has 0 radical (unpaired) electrons. The van der Waals surface area contributed by atoms with Crippen LogP contribution in [0.25, 0.3) is 0 Å². The van der Waals surface area contributed by atoms with Gasteiger partial charge in [-0.05, 0) is 31.2 Å². The molecule has 0 aliphatic heterocycles. The first-order chi connectivity index (χ1) is 10.2. The summed E-state index contributed by atoms with van der Waals surface area (Å²) in [4.78, 5) is 18.8. The van der Waals surface area contributed by atoms with Crippen LogP contribution in [0.1, 0.15) is 23.9 Å². The summed E-state index contributed by atoms with van der Waals surface area (Å²) in [6.07, 6.45) is 0.499. The van der Waals surface area contributed by atoms with Gasteiger partial charge in [0.05, 0.1) is 12.2 Å². The van der Waals surface area contributed by atoms with Gasteiger partial charge in [-0.25, -0.2) is 0 Å². The van der Waals surface area contributed by atoms with Gasteiger partial charge in [0.2, 0.25) is 0 Å². The minimum atomic E-state index is 0.246. The van der Waals surface area contributed by atoms with E-state index >= 15 is 0 Å². The lowest BCUT2D eigenvalue weighted by atomic mass is 10.1. The van der Waals surface area contributed by atoms with Crippen LogP contribution in [-0.2, 0) is 17.8 Å². The number of carbonyl (C=O) groups is 1. The van der Waals surface area contributed by atoms with Crippen LogP contribution in [-0.4, -0.2) is 28.8 Å². The number of pyridine rings is 1. The van der Waals surface area contributed by atoms with E-state index in [4.69, 9.17) is 0 Å². The maximum atomic E-state index is 12.2. The summed E-state index contributed by atoms with van der Waals surface area (Å²) < 4.78 is 0. The molecule has 0 bridgehead atoms. The average Bonchev–Trinajstić information content (AvgIpc) is 2.47. The number of aryl methyl sites for hydroxylation is 1. The quantitative estimate of drug-likeness (QED) is 0.782. The van der Waals surface area contributed by atoms with Crippen LogP contribution in [0.2, 0.25) is 0 Å². The fourth-order valence-corrected chi connectivity index (χ4v) is 2.33. The Morgan fingerprint density at radius 3 is 2.52 bits per heavy atom. The summed E-state index contributed by atoms with van der Waals surface area (Å²) in [6.45, 7) is 6.10. The summed E-state index contributed by atoms with van der Waals surface area (Å²) in [6, 6.07) is 15.9. The summed E-state index contributed by atoms with van der Waals surface area (Å²) >= 11 is 0. The zero-order chi connectivity index (χ0) is 15.1. The number of Topliss-reactive ketones (excluding diaryl/α,β-unsaturated/α-hetero) is 1. The van der Waals surface area contributed by atoms with Gasteiger partial charge in [0, 0.05) is 18.7 Å². The third-order valence-electron chi connectivity index (χ3n) is 3.42. The normalized spacial score (nSPS) is 10.8. The minimum Gasteiger partial charge on any atom is -0.298 e. The molecule has 110 valence electrons. The lowest BCUT2D eigenvalue weighted by Crippen LogP contribution is -2.30. The molecule has 0 N–H and O–H groups in total. The van der Waals surface area contributed by atoms with Crippen molar-refractivity contribution in [2.24, 2.45) is 0 Å². The Morgan fingerprint density at radius 1 is 1.10 bits per heavy atom. The Hall–Kier alpha value is -2.00. The van der Waals surface area contributed by atoms with Gasteiger partial charge in [0.25, 0.3) is 0 Å². The highest BCUT2D eigenvalue weighted by Crippen LogP contribution is 2.05. The lowest BCUT2D eigenvalue weighted by Gasteiger charge is -2.19. The van der Waals surface area contributed by atoms with Crippen LogP contribution < -0.4 is 0 Å². The molecular formula is C18H22N2O. The molecule has 0 unspecified atom stereocenters. The number of hydrogen-bond acceptors (Lipinski definition) is 3. The van der Waals surface area contributed by atoms with E-state index in [2.05, 4.69) is 16.8 Å². The molecule has 0 aliphatic carbocycles. The van der Waals surface area contributed by atoms with Gasteiger partial charge in [0.15, 0.2) is 5.78 Å². The predicted octanol–water partition coefficient (Wildman–Crippen LogP) is 3.02. The minimum absolute atomic E-state index is 0.246. The fraction of sp³-hybridized carbons (Fsp3) is 0.333. The molecule has 0 atom stereocenters. The van der Waals surface area contributed by atoms with Gasteiger partial charge in [-0.3, -0.25) is 14.7 Å². The number of carbonyl (C=O) groups excluding carboxylic acids is 1. The second-order valence-electron chi connectivity index (χ2n) is 5.27. The average molecular weight is 282 g/mol. The van der Waals surface area contributed by atoms with E-state index in [-0.39, 0.29) is 5.78 Å². The summed E-state index contributed by atoms with van der Waals surface area (Å²) in [5, 5.41) is 0. The molecule has 1 aromatic heterocycles. The molecule has 2 rings (SSSR count). The lowest BCUT2D eigenvalue weighted by molar-refractivity contribution is -0.119. The first-order valence-electron chi connectivity index (χ1n) is 7.38. The van der Waals surface area contributed by atoms with Crippen LogP contribution in [0.3, 0.4) is 0 Å². The zero-order valence-corrected chi connectivity index (χ0v) is 12.7. The molecule has 0 fully saturated rings. The maximum Gasteiger partial charge on any atom is 0.151 e. The van der Waals surface area contributed by atoms with E-state index in [9.17, 15) is 4.79 Å². The number of likely N-dealkylation sites (N-methyl/N-ethyl adjacent to an activating group) is 1. The summed E-state index contributed by atoms with van der Waals surface area (Å²) in [5.41, 5.74) is 3.11. The molecule has 2 aromatic rings. The number of hydrogen-bond donors (Lipinski definition) is 0. The highest BCUT2D eigenvalue weighted by molar-refractivity contribution is 5.82. The van der Waals surface area contributed by atoms with E-state index in [1.165, 1.54) is 0 Å². The smallest absolute Gasteiger partial charge is 0.151 e. The van der Waals surface area contributed by atoms with Crippen LogP contribution in [0.4, 0.5) is 0 Å². The second kappa shape index (κ2) is 7.70. The van der Waals surface area contributed by atoms with Crippen molar-refractivity contribution in [2.75, 3.05) is 13.1 Å². The van der Waals surface area contributed by atoms with Crippen molar-refractivity contribution in [1.29, 1.82) is 0 Å². The van der Waals surface area contributed by atoms with Gasteiger partial charge >= 0.3 is 0 Å². The molecule has 21 heavy (non-hydrogen) atoms. The molecule has 3 nitrogen and oxygen atoms in total. The highest BCUT2D eigenvalue weighted by Gasteiger charge is 2.11. The van der Waals surface area contributed by atoms with Crippen LogP contribution in [0.15, 0.2) is 48.5 Å². The summed E-state index contributed by atoms with van der Waals surface area (Å²) in [5.74, 6) is 0.246. The summed E-state index contributed by atoms with van der Waals surface area (Å²) in [7, 11) is 0. The van der Waals surface area contributed by atoms with E-state index in [0.29, 0.717) is 13.0 Å². The topological polar surface area (TPSA) is 33.2 Å². The van der Waals surface area contributed by atoms with Gasteiger partial charge in [-0.1, -0.05) is 43.3 Å². The Kier molecular flexibility index (Phi) is 5.64. The van der Waals surface area contributed by atoms with Crippen molar-refractivity contribution in [3.8, 4) is 0 Å². The molecule has 0 saturated heterocycles. The highest BCUT2D eigenvalue weighted by atomic mass is 16.1. The molecule has 0 aliphatic rings. The van der Waals surface area contributed by atoms with Crippen molar-refractivity contribution >= 4 is 5.78 Å². The van der Waals surface area contributed by atoms with E-state index in [1.54, 1.807) is 0 Å². The monoisotopic (exact) mass is 282 g/mol. The van der Waals surface area contributed by atoms with Crippen molar-refractivity contribution in [1.82, 2.24) is 9.88 Å². The van der Waals surface area contributed by atoms with Crippen molar-refractivity contribution in [3.05, 3.63) is 65.5 Å². The van der Waals surface area contributed by atoms with Crippen molar-refractivity contribution < 1.29 is 4.79 Å². The Balaban J connectivity index is 1.91. The van der Waals surface area contributed by atoms with Crippen molar-refractivity contribution in [2.45, 2.75) is 26.8 Å². The Labute approximate surface area is 126 Å². The largest absolute Gasteiger partial charge is 0.298 e. The third kappa shape index (κ3) is 5.12. The maximum absolute atomic E-state index is 12.2. The number of ketones is 1. The molecule has 1 aromatic carbocycles. The molecule has 0 spiro atoms. The van der Waals surface area contributed by atoms with Gasteiger partial charge in [-0.15, -0.1) is 0 Å². The number of aromatic nitrogens is 1. The van der Waals surface area contributed by atoms with E-state index in [1.807, 2.05) is 55.5 Å². The number of rotatable bonds is 7. The van der Waals surface area contributed by atoms with Crippen LogP contribution >= 0.6 is 0 Å². The number of nitrogens with zero attached hydrogens (tertiary/aromatic N) is 2. The van der Waals surface area contributed by atoms with Gasteiger partial charge in [-0.2, -0.15) is 0 Å². The third-order valence-corrected chi connectivity index (χ3v) is 3.42. The van der Waals surface area contributed by atoms with Gasteiger partial charge in [0.1, 0.15) is 0 Å². The first-order valence-corrected chi connectivity index (χ1v) is 7.38. The Morgan fingerprint density at radius 2 is 1.86 bits per heavy atom.